The minimum absolute atomic E-state index is 0.00581. The fourth-order valence-corrected chi connectivity index (χ4v) is 5.56. The third kappa shape index (κ3) is 5.25. The summed E-state index contributed by atoms with van der Waals surface area (Å²) >= 11 is 4.23. The number of thiazole rings is 2. The number of aliphatic hydroxyl groups excluding tert-OH is 2. The van der Waals surface area contributed by atoms with E-state index in [4.69, 9.17) is 16.7 Å². The van der Waals surface area contributed by atoms with Crippen molar-refractivity contribution in [1.82, 2.24) is 15.0 Å². The standard InChI is InChI=1S/C23H18N6O2S3/c1-25-19-18(23-26-7-8-32-23)17(9-24)22(29-20(19)27-10-16(31)11-30)34-13-15-12-33-21(28-15)14-5-3-2-4-6-14/h2-8,12,16,30-31H,10-11,13H2,(H,27,29)/t16-/m0/s1. The average molecular weight is 507 g/mol. The van der Waals surface area contributed by atoms with Gasteiger partial charge in [-0.1, -0.05) is 42.1 Å². The normalized spacial score (nSPS) is 11.5. The highest BCUT2D eigenvalue weighted by atomic mass is 32.2. The lowest BCUT2D eigenvalue weighted by Crippen LogP contribution is -2.23. The number of benzene rings is 1. The summed E-state index contributed by atoms with van der Waals surface area (Å²) in [5.41, 5.74) is 2.74. The number of rotatable bonds is 9. The van der Waals surface area contributed by atoms with Crippen molar-refractivity contribution in [2.45, 2.75) is 16.9 Å². The number of aromatic nitrogens is 3. The van der Waals surface area contributed by atoms with Gasteiger partial charge in [0.15, 0.2) is 0 Å². The lowest BCUT2D eigenvalue weighted by molar-refractivity contribution is 0.105. The van der Waals surface area contributed by atoms with Gasteiger partial charge in [0.25, 0.3) is 0 Å². The number of pyridine rings is 1. The molecule has 0 radical (unpaired) electrons. The van der Waals surface area contributed by atoms with Crippen LogP contribution in [0.1, 0.15) is 11.3 Å². The second kappa shape index (κ2) is 11.2. The molecule has 4 aromatic rings. The zero-order valence-electron chi connectivity index (χ0n) is 17.7. The van der Waals surface area contributed by atoms with Gasteiger partial charge in [0.1, 0.15) is 26.9 Å². The van der Waals surface area contributed by atoms with Crippen LogP contribution >= 0.6 is 34.4 Å². The molecule has 0 fully saturated rings. The predicted octanol–water partition coefficient (Wildman–Crippen LogP) is 4.81. The molecule has 0 aliphatic carbocycles. The predicted molar refractivity (Wildman–Crippen MR) is 135 cm³/mol. The Kier molecular flexibility index (Phi) is 7.85. The minimum Gasteiger partial charge on any atom is -0.394 e. The molecule has 3 N–H and O–H groups in total. The minimum atomic E-state index is -1.01. The van der Waals surface area contributed by atoms with Crippen LogP contribution < -0.4 is 5.32 Å². The molecule has 0 bridgehead atoms. The highest BCUT2D eigenvalue weighted by molar-refractivity contribution is 7.98. The molecule has 3 heterocycles. The van der Waals surface area contributed by atoms with Gasteiger partial charge in [0.2, 0.25) is 5.69 Å². The van der Waals surface area contributed by atoms with Crippen LogP contribution in [0.5, 0.6) is 0 Å². The van der Waals surface area contributed by atoms with E-state index in [1.54, 1.807) is 22.9 Å². The quantitative estimate of drug-likeness (QED) is 0.219. The Bertz CT molecular complexity index is 1340. The van der Waals surface area contributed by atoms with Crippen molar-refractivity contribution in [1.29, 1.82) is 5.26 Å². The van der Waals surface area contributed by atoms with E-state index in [9.17, 15) is 10.4 Å². The molecule has 4 rings (SSSR count). The van der Waals surface area contributed by atoms with Crippen LogP contribution in [0.15, 0.2) is 52.3 Å². The molecule has 0 amide bonds. The summed E-state index contributed by atoms with van der Waals surface area (Å²) in [5.74, 6) is 0.718. The molecule has 0 aliphatic rings. The summed E-state index contributed by atoms with van der Waals surface area (Å²) in [5, 5.41) is 37.5. The highest BCUT2D eigenvalue weighted by Crippen LogP contribution is 2.43. The van der Waals surface area contributed by atoms with E-state index >= 15 is 0 Å². The Morgan fingerprint density at radius 3 is 2.71 bits per heavy atom. The summed E-state index contributed by atoms with van der Waals surface area (Å²) in [7, 11) is 0. The van der Waals surface area contributed by atoms with E-state index in [0.717, 1.165) is 16.3 Å². The van der Waals surface area contributed by atoms with Gasteiger partial charge in [-0.05, 0) is 0 Å². The molecular formula is C23H18N6O2S3. The van der Waals surface area contributed by atoms with Crippen LogP contribution in [-0.4, -0.2) is 44.4 Å². The van der Waals surface area contributed by atoms with Crippen LogP contribution in [0.2, 0.25) is 0 Å². The number of hydrogen-bond donors (Lipinski definition) is 3. The van der Waals surface area contributed by atoms with Gasteiger partial charge in [-0.25, -0.2) is 19.8 Å². The van der Waals surface area contributed by atoms with E-state index in [-0.39, 0.29) is 23.6 Å². The van der Waals surface area contributed by atoms with Crippen molar-refractivity contribution >= 4 is 45.9 Å². The first-order chi connectivity index (χ1) is 16.6. The van der Waals surface area contributed by atoms with Crippen molar-refractivity contribution in [3.05, 3.63) is 70.0 Å². The van der Waals surface area contributed by atoms with E-state index in [1.807, 2.05) is 35.7 Å². The molecule has 11 heteroatoms. The third-order valence-corrected chi connectivity index (χ3v) is 7.39. The van der Waals surface area contributed by atoms with E-state index in [1.165, 1.54) is 23.1 Å². The topological polar surface area (TPSA) is 119 Å². The second-order valence-electron chi connectivity index (χ2n) is 6.94. The van der Waals surface area contributed by atoms with Crippen LogP contribution in [0.25, 0.3) is 26.0 Å². The smallest absolute Gasteiger partial charge is 0.239 e. The van der Waals surface area contributed by atoms with E-state index < -0.39 is 12.7 Å². The van der Waals surface area contributed by atoms with E-state index in [2.05, 4.69) is 26.2 Å². The van der Waals surface area contributed by atoms with Gasteiger partial charge < -0.3 is 15.5 Å². The molecule has 3 aromatic heterocycles. The maximum Gasteiger partial charge on any atom is 0.239 e. The zero-order valence-corrected chi connectivity index (χ0v) is 20.1. The summed E-state index contributed by atoms with van der Waals surface area (Å²) in [6.45, 7) is 7.29. The third-order valence-electron chi connectivity index (χ3n) is 4.65. The molecule has 0 saturated carbocycles. The summed E-state index contributed by atoms with van der Waals surface area (Å²) in [4.78, 5) is 17.2. The maximum atomic E-state index is 9.98. The maximum absolute atomic E-state index is 9.98. The van der Waals surface area contributed by atoms with Crippen LogP contribution in [0.3, 0.4) is 0 Å². The fourth-order valence-electron chi connectivity index (χ4n) is 3.06. The molecule has 0 spiro atoms. The van der Waals surface area contributed by atoms with Crippen LogP contribution in [-0.2, 0) is 5.75 Å². The number of nitriles is 1. The Balaban J connectivity index is 1.69. The number of anilines is 1. The van der Waals surface area contributed by atoms with Crippen LogP contribution in [0.4, 0.5) is 11.5 Å². The summed E-state index contributed by atoms with van der Waals surface area (Å²) in [6.07, 6.45) is 0.604. The number of nitrogens with one attached hydrogen (secondary N) is 1. The van der Waals surface area contributed by atoms with Crippen molar-refractivity contribution in [3.63, 3.8) is 0 Å². The largest absolute Gasteiger partial charge is 0.394 e. The second-order valence-corrected chi connectivity index (χ2v) is 9.66. The molecular weight excluding hydrogens is 488 g/mol. The van der Waals surface area contributed by atoms with Crippen molar-refractivity contribution in [3.8, 4) is 27.2 Å². The number of nitrogens with zero attached hydrogens (tertiary/aromatic N) is 5. The van der Waals surface area contributed by atoms with Gasteiger partial charge >= 0.3 is 0 Å². The molecule has 8 nitrogen and oxygen atoms in total. The average Bonchev–Trinajstić information content (AvgIpc) is 3.58. The molecule has 170 valence electrons. The number of thioether (sulfide) groups is 1. The van der Waals surface area contributed by atoms with Crippen molar-refractivity contribution in [2.75, 3.05) is 18.5 Å². The van der Waals surface area contributed by atoms with Gasteiger partial charge in [-0.3, -0.25) is 0 Å². The fraction of sp³-hybridized carbons (Fsp3) is 0.174. The molecule has 1 aromatic carbocycles. The van der Waals surface area contributed by atoms with Gasteiger partial charge in [0, 0.05) is 40.4 Å². The van der Waals surface area contributed by atoms with Gasteiger partial charge in [0.05, 0.1) is 30.5 Å². The molecule has 0 aliphatic heterocycles. The van der Waals surface area contributed by atoms with Crippen molar-refractivity contribution in [2.24, 2.45) is 0 Å². The highest BCUT2D eigenvalue weighted by Gasteiger charge is 2.24. The Labute approximate surface area is 208 Å². The first-order valence-electron chi connectivity index (χ1n) is 10.1. The SMILES string of the molecule is [C-]#[N+]c1c(NC[C@H](O)CO)nc(SCc2csc(-c3ccccc3)n2)c(C#N)c1-c1nccs1. The first kappa shape index (κ1) is 23.8. The lowest BCUT2D eigenvalue weighted by Gasteiger charge is -2.16. The zero-order chi connectivity index (χ0) is 23.9. The number of aliphatic hydroxyl groups is 2. The first-order valence-corrected chi connectivity index (χ1v) is 12.8. The van der Waals surface area contributed by atoms with Crippen molar-refractivity contribution < 1.29 is 10.2 Å². The molecule has 34 heavy (non-hydrogen) atoms. The lowest BCUT2D eigenvalue weighted by atomic mass is 10.1. The Morgan fingerprint density at radius 2 is 2.03 bits per heavy atom. The monoisotopic (exact) mass is 506 g/mol. The molecule has 1 atom stereocenters. The Hall–Kier alpha value is -3.32. The Morgan fingerprint density at radius 1 is 1.21 bits per heavy atom. The van der Waals surface area contributed by atoms with Gasteiger partial charge in [-0.15, -0.1) is 22.7 Å². The summed E-state index contributed by atoms with van der Waals surface area (Å²) < 4.78 is 0. The number of hydrogen-bond acceptors (Lipinski definition) is 10. The summed E-state index contributed by atoms with van der Waals surface area (Å²) in [6, 6.07) is 12.1. The van der Waals surface area contributed by atoms with E-state index in [0.29, 0.717) is 21.3 Å². The van der Waals surface area contributed by atoms with Crippen LogP contribution in [0, 0.1) is 17.9 Å². The molecule has 0 unspecified atom stereocenters. The van der Waals surface area contributed by atoms with Gasteiger partial charge in [-0.2, -0.15) is 5.26 Å². The molecule has 0 saturated heterocycles.